The fourth-order valence-corrected chi connectivity index (χ4v) is 1.97. The quantitative estimate of drug-likeness (QED) is 0.598. The molecule has 2 heterocycles. The number of ether oxygens (including phenoxy) is 1. The zero-order valence-electron chi connectivity index (χ0n) is 11.2. The summed E-state index contributed by atoms with van der Waals surface area (Å²) in [4.78, 5) is 27.1. The Morgan fingerprint density at radius 1 is 1.65 bits per heavy atom. The number of amides is 2. The molecule has 4 N–H and O–H groups in total. The number of hydrogen-bond acceptors (Lipinski definition) is 5. The maximum Gasteiger partial charge on any atom is 0.315 e. The summed E-state index contributed by atoms with van der Waals surface area (Å²) in [5.74, 6) is -0.479. The van der Waals surface area contributed by atoms with Crippen molar-refractivity contribution >= 4 is 12.0 Å². The van der Waals surface area contributed by atoms with Gasteiger partial charge in [0, 0.05) is 0 Å². The van der Waals surface area contributed by atoms with Crippen LogP contribution in [-0.2, 0) is 9.53 Å². The fourth-order valence-electron chi connectivity index (χ4n) is 1.97. The first-order chi connectivity index (χ1) is 9.43. The minimum atomic E-state index is -1.12. The van der Waals surface area contributed by atoms with Crippen LogP contribution in [0.15, 0.2) is 6.33 Å². The number of urea groups is 1. The van der Waals surface area contributed by atoms with Crippen molar-refractivity contribution in [2.45, 2.75) is 25.9 Å². The lowest BCUT2D eigenvalue weighted by atomic mass is 9.85. The standard InChI is InChI=1S/C11H17N5O4/c1-6(8-12-5-13-16-8)14-10(19)15-7-3-20-4-11(7,2)9(17)18/h5-7H,3-4H2,1-2H3,(H,17,18)(H,12,13,16)(H2,14,15,19). The molecule has 0 spiro atoms. The van der Waals surface area contributed by atoms with E-state index in [9.17, 15) is 14.7 Å². The Morgan fingerprint density at radius 2 is 2.40 bits per heavy atom. The normalized spacial score (nSPS) is 27.0. The van der Waals surface area contributed by atoms with Crippen molar-refractivity contribution in [1.29, 1.82) is 0 Å². The maximum atomic E-state index is 11.9. The van der Waals surface area contributed by atoms with Crippen molar-refractivity contribution in [1.82, 2.24) is 25.8 Å². The lowest BCUT2D eigenvalue weighted by Crippen LogP contribution is -2.52. The molecule has 1 fully saturated rings. The predicted octanol–water partition coefficient (Wildman–Crippen LogP) is -0.345. The molecule has 0 saturated carbocycles. The number of nitrogens with zero attached hydrogens (tertiary/aromatic N) is 2. The van der Waals surface area contributed by atoms with Crippen LogP contribution in [0.4, 0.5) is 4.79 Å². The van der Waals surface area contributed by atoms with E-state index >= 15 is 0 Å². The molecular formula is C11H17N5O4. The number of carboxylic acids is 1. The molecule has 9 nitrogen and oxygen atoms in total. The van der Waals surface area contributed by atoms with Gasteiger partial charge in [-0.05, 0) is 13.8 Å². The SMILES string of the molecule is CC(NC(=O)NC1COCC1(C)C(=O)O)c1ncn[nH]1. The molecule has 20 heavy (non-hydrogen) atoms. The van der Waals surface area contributed by atoms with E-state index in [-0.39, 0.29) is 19.3 Å². The van der Waals surface area contributed by atoms with E-state index in [1.807, 2.05) is 0 Å². The molecule has 0 bridgehead atoms. The number of hydrogen-bond donors (Lipinski definition) is 4. The van der Waals surface area contributed by atoms with Gasteiger partial charge in [-0.3, -0.25) is 9.89 Å². The van der Waals surface area contributed by atoms with E-state index in [0.29, 0.717) is 5.82 Å². The van der Waals surface area contributed by atoms with Gasteiger partial charge in [0.05, 0.1) is 25.3 Å². The molecule has 3 atom stereocenters. The highest BCUT2D eigenvalue weighted by Gasteiger charge is 2.47. The Morgan fingerprint density at radius 3 is 3.00 bits per heavy atom. The summed E-state index contributed by atoms with van der Waals surface area (Å²) in [5.41, 5.74) is -1.12. The summed E-state index contributed by atoms with van der Waals surface area (Å²) < 4.78 is 5.16. The molecule has 1 aromatic heterocycles. The molecule has 2 rings (SSSR count). The summed E-state index contributed by atoms with van der Waals surface area (Å²) in [6.07, 6.45) is 1.34. The Labute approximate surface area is 115 Å². The van der Waals surface area contributed by atoms with Gasteiger partial charge in [0.1, 0.15) is 17.6 Å². The number of aromatic nitrogens is 3. The summed E-state index contributed by atoms with van der Waals surface area (Å²) in [6, 6.07) is -1.42. The Kier molecular flexibility index (Phi) is 3.89. The highest BCUT2D eigenvalue weighted by atomic mass is 16.5. The van der Waals surface area contributed by atoms with Gasteiger partial charge in [0.25, 0.3) is 0 Å². The van der Waals surface area contributed by atoms with Crippen LogP contribution in [-0.4, -0.2) is 51.5 Å². The topological polar surface area (TPSA) is 129 Å². The molecule has 0 aromatic carbocycles. The number of aliphatic carboxylic acids is 1. The lowest BCUT2D eigenvalue weighted by Gasteiger charge is -2.26. The first-order valence-corrected chi connectivity index (χ1v) is 6.17. The summed E-state index contributed by atoms with van der Waals surface area (Å²) in [7, 11) is 0. The van der Waals surface area contributed by atoms with Gasteiger partial charge in [-0.25, -0.2) is 9.78 Å². The largest absolute Gasteiger partial charge is 0.481 e. The third kappa shape index (κ3) is 2.72. The van der Waals surface area contributed by atoms with E-state index in [1.54, 1.807) is 13.8 Å². The number of carbonyl (C=O) groups excluding carboxylic acids is 1. The molecule has 1 aliphatic heterocycles. The van der Waals surface area contributed by atoms with Gasteiger partial charge in [-0.15, -0.1) is 0 Å². The van der Waals surface area contributed by atoms with Crippen LogP contribution >= 0.6 is 0 Å². The first-order valence-electron chi connectivity index (χ1n) is 6.17. The van der Waals surface area contributed by atoms with Crippen molar-refractivity contribution in [3.8, 4) is 0 Å². The van der Waals surface area contributed by atoms with Gasteiger partial charge in [0.15, 0.2) is 0 Å². The van der Waals surface area contributed by atoms with E-state index < -0.39 is 23.5 Å². The Bertz CT molecular complexity index is 491. The fraction of sp³-hybridized carbons (Fsp3) is 0.636. The maximum absolute atomic E-state index is 11.9. The monoisotopic (exact) mass is 283 g/mol. The van der Waals surface area contributed by atoms with Crippen molar-refractivity contribution in [2.24, 2.45) is 5.41 Å². The lowest BCUT2D eigenvalue weighted by molar-refractivity contribution is -0.148. The second-order valence-electron chi connectivity index (χ2n) is 5.00. The minimum absolute atomic E-state index is 0.0743. The van der Waals surface area contributed by atoms with Crippen molar-refractivity contribution < 1.29 is 19.4 Å². The minimum Gasteiger partial charge on any atom is -0.481 e. The predicted molar refractivity (Wildman–Crippen MR) is 66.8 cm³/mol. The number of rotatable bonds is 4. The number of aromatic amines is 1. The number of carboxylic acid groups (broad SMARTS) is 1. The Hall–Kier alpha value is -2.16. The molecule has 1 saturated heterocycles. The van der Waals surface area contributed by atoms with Crippen molar-refractivity contribution in [3.63, 3.8) is 0 Å². The van der Waals surface area contributed by atoms with Gasteiger partial charge in [-0.2, -0.15) is 5.10 Å². The zero-order valence-corrected chi connectivity index (χ0v) is 11.2. The molecule has 1 aliphatic rings. The van der Waals surface area contributed by atoms with E-state index in [2.05, 4.69) is 25.8 Å². The Balaban J connectivity index is 1.93. The van der Waals surface area contributed by atoms with Gasteiger partial charge in [-0.1, -0.05) is 0 Å². The highest BCUT2D eigenvalue weighted by Crippen LogP contribution is 2.28. The summed E-state index contributed by atoms with van der Waals surface area (Å²) in [5, 5.41) is 20.8. The van der Waals surface area contributed by atoms with E-state index in [4.69, 9.17) is 4.74 Å². The number of nitrogens with one attached hydrogen (secondary N) is 3. The van der Waals surface area contributed by atoms with Crippen molar-refractivity contribution in [3.05, 3.63) is 12.2 Å². The highest BCUT2D eigenvalue weighted by molar-refractivity contribution is 5.79. The van der Waals surface area contributed by atoms with Crippen molar-refractivity contribution in [2.75, 3.05) is 13.2 Å². The van der Waals surface area contributed by atoms with E-state index in [0.717, 1.165) is 0 Å². The van der Waals surface area contributed by atoms with Crippen LogP contribution in [0.5, 0.6) is 0 Å². The van der Waals surface area contributed by atoms with Gasteiger partial charge < -0.3 is 20.5 Å². The second kappa shape index (κ2) is 5.45. The third-order valence-electron chi connectivity index (χ3n) is 3.44. The van der Waals surface area contributed by atoms with E-state index in [1.165, 1.54) is 6.33 Å². The van der Waals surface area contributed by atoms with Crippen LogP contribution in [0.2, 0.25) is 0 Å². The third-order valence-corrected chi connectivity index (χ3v) is 3.44. The summed E-state index contributed by atoms with van der Waals surface area (Å²) in [6.45, 7) is 3.53. The second-order valence-corrected chi connectivity index (χ2v) is 5.00. The average Bonchev–Trinajstić information content (AvgIpc) is 3.00. The number of H-pyrrole nitrogens is 1. The first kappa shape index (κ1) is 14.3. The molecule has 110 valence electrons. The average molecular weight is 283 g/mol. The molecular weight excluding hydrogens is 266 g/mol. The summed E-state index contributed by atoms with van der Waals surface area (Å²) >= 11 is 0. The smallest absolute Gasteiger partial charge is 0.315 e. The van der Waals surface area contributed by atoms with Gasteiger partial charge in [0.2, 0.25) is 0 Å². The zero-order chi connectivity index (χ0) is 14.8. The molecule has 0 aliphatic carbocycles. The van der Waals surface area contributed by atoms with Crippen LogP contribution < -0.4 is 10.6 Å². The molecule has 3 unspecified atom stereocenters. The van der Waals surface area contributed by atoms with Crippen LogP contribution in [0.3, 0.4) is 0 Å². The van der Waals surface area contributed by atoms with Gasteiger partial charge >= 0.3 is 12.0 Å². The molecule has 2 amide bonds. The number of carbonyl (C=O) groups is 2. The van der Waals surface area contributed by atoms with Crippen LogP contribution in [0.25, 0.3) is 0 Å². The molecule has 1 aromatic rings. The molecule has 9 heteroatoms. The van der Waals surface area contributed by atoms with Crippen LogP contribution in [0.1, 0.15) is 25.7 Å². The van der Waals surface area contributed by atoms with Crippen LogP contribution in [0, 0.1) is 5.41 Å². The molecule has 0 radical (unpaired) electrons.